The van der Waals surface area contributed by atoms with E-state index in [4.69, 9.17) is 0 Å². The third-order valence-electron chi connectivity index (χ3n) is 4.08. The number of nitrogens with zero attached hydrogens (tertiary/aromatic N) is 2. The first-order chi connectivity index (χ1) is 8.22. The molecule has 0 saturated carbocycles. The molecular weight excluding hydrogens is 236 g/mol. The Morgan fingerprint density at radius 1 is 0.895 bits per heavy atom. The average Bonchev–Trinajstić information content (AvgIpc) is 2.09. The summed E-state index contributed by atoms with van der Waals surface area (Å²) in [6, 6.07) is 0.105. The number of allylic oxidation sites excluding steroid dienone is 1. The first-order valence-corrected chi connectivity index (χ1v) is 7.05. The first kappa shape index (κ1) is 16.1. The Kier molecular flexibility index (Phi) is 3.60. The smallest absolute Gasteiger partial charge is 0.311 e. The zero-order valence-electron chi connectivity index (χ0n) is 14.3. The number of urea groups is 1. The van der Waals surface area contributed by atoms with Crippen LogP contribution in [0.3, 0.4) is 0 Å². The van der Waals surface area contributed by atoms with Crippen LogP contribution < -0.4 is 0 Å². The number of rotatable bonds is 0. The Labute approximate surface area is 118 Å². The first-order valence-electron chi connectivity index (χ1n) is 7.05. The van der Waals surface area contributed by atoms with E-state index >= 15 is 0 Å². The molecule has 3 nitrogen and oxygen atoms in total. The third kappa shape index (κ3) is 2.52. The molecule has 3 heteroatoms. The Hall–Kier alpha value is -0.990. The average molecular weight is 266 g/mol. The van der Waals surface area contributed by atoms with Crippen molar-refractivity contribution in [1.82, 2.24) is 9.80 Å². The van der Waals surface area contributed by atoms with E-state index in [1.165, 1.54) is 5.57 Å². The van der Waals surface area contributed by atoms with Crippen molar-refractivity contribution in [2.75, 3.05) is 0 Å². The van der Waals surface area contributed by atoms with Gasteiger partial charge in [0.05, 0.1) is 5.54 Å². The lowest BCUT2D eigenvalue weighted by Crippen LogP contribution is -2.66. The largest absolute Gasteiger partial charge is 0.325 e. The molecule has 1 heterocycles. The van der Waals surface area contributed by atoms with Crippen molar-refractivity contribution in [2.24, 2.45) is 0 Å². The Morgan fingerprint density at radius 3 is 1.63 bits per heavy atom. The highest BCUT2D eigenvalue weighted by Gasteiger charge is 2.48. The molecule has 0 unspecified atom stereocenters. The maximum absolute atomic E-state index is 13.0. The van der Waals surface area contributed by atoms with Crippen LogP contribution in [0.5, 0.6) is 0 Å². The molecule has 0 aromatic heterocycles. The van der Waals surface area contributed by atoms with Gasteiger partial charge in [-0.2, -0.15) is 0 Å². The van der Waals surface area contributed by atoms with E-state index in [1.54, 1.807) is 0 Å². The maximum Gasteiger partial charge on any atom is 0.325 e. The van der Waals surface area contributed by atoms with Gasteiger partial charge in [-0.3, -0.25) is 4.90 Å². The molecule has 1 aliphatic heterocycles. The van der Waals surface area contributed by atoms with Gasteiger partial charge in [-0.05, 0) is 74.8 Å². The summed E-state index contributed by atoms with van der Waals surface area (Å²) in [4.78, 5) is 16.9. The van der Waals surface area contributed by atoms with E-state index < -0.39 is 0 Å². The number of carbonyl (C=O) groups excluding carboxylic acids is 1. The van der Waals surface area contributed by atoms with Crippen molar-refractivity contribution in [1.29, 1.82) is 0 Å². The van der Waals surface area contributed by atoms with Gasteiger partial charge in [0, 0.05) is 16.8 Å². The lowest BCUT2D eigenvalue weighted by Gasteiger charge is -2.56. The second kappa shape index (κ2) is 4.26. The Bertz CT molecular complexity index is 419. The standard InChI is InChI=1S/C16H30N2O/c1-11-12(2)17(14(3,4)5)13(19)18(15(6,7)8)16(11,9)10/h1-10H3. The van der Waals surface area contributed by atoms with E-state index in [2.05, 4.69) is 69.2 Å². The van der Waals surface area contributed by atoms with Crippen molar-refractivity contribution in [2.45, 2.75) is 85.9 Å². The van der Waals surface area contributed by atoms with Gasteiger partial charge in [-0.1, -0.05) is 0 Å². The van der Waals surface area contributed by atoms with Crippen LogP contribution in [0.4, 0.5) is 4.79 Å². The van der Waals surface area contributed by atoms with Gasteiger partial charge in [0.15, 0.2) is 0 Å². The zero-order chi connectivity index (χ0) is 15.4. The van der Waals surface area contributed by atoms with Gasteiger partial charge in [0.2, 0.25) is 0 Å². The van der Waals surface area contributed by atoms with Gasteiger partial charge < -0.3 is 4.90 Å². The second-order valence-electron chi connectivity index (χ2n) is 8.06. The minimum atomic E-state index is -0.249. The SMILES string of the molecule is CC1=C(C)C(C)(C)N(C(C)(C)C)C(=O)N1C(C)(C)C. The van der Waals surface area contributed by atoms with Crippen LogP contribution in [0.2, 0.25) is 0 Å². The summed E-state index contributed by atoms with van der Waals surface area (Å²) in [7, 11) is 0. The van der Waals surface area contributed by atoms with Crippen LogP contribution in [-0.4, -0.2) is 32.4 Å². The maximum atomic E-state index is 13.0. The normalized spacial score (nSPS) is 21.3. The third-order valence-corrected chi connectivity index (χ3v) is 4.08. The van der Waals surface area contributed by atoms with E-state index in [-0.39, 0.29) is 22.6 Å². The van der Waals surface area contributed by atoms with Gasteiger partial charge >= 0.3 is 6.03 Å². The molecular formula is C16H30N2O. The van der Waals surface area contributed by atoms with Crippen LogP contribution in [0, 0.1) is 0 Å². The molecule has 1 rings (SSSR count). The number of carbonyl (C=O) groups is 1. The highest BCUT2D eigenvalue weighted by molar-refractivity contribution is 5.81. The summed E-state index contributed by atoms with van der Waals surface area (Å²) in [5.74, 6) is 0. The molecule has 0 saturated heterocycles. The quantitative estimate of drug-likeness (QED) is 0.637. The van der Waals surface area contributed by atoms with Crippen LogP contribution in [0.25, 0.3) is 0 Å². The van der Waals surface area contributed by atoms with Gasteiger partial charge in [-0.25, -0.2) is 4.79 Å². The minimum Gasteiger partial charge on any atom is -0.311 e. The van der Waals surface area contributed by atoms with Crippen LogP contribution in [0.1, 0.15) is 69.2 Å². The van der Waals surface area contributed by atoms with Crippen LogP contribution in [-0.2, 0) is 0 Å². The molecule has 0 atom stereocenters. The summed E-state index contributed by atoms with van der Waals surface area (Å²) in [5.41, 5.74) is 1.69. The number of hydrogen-bond acceptors (Lipinski definition) is 1. The fraction of sp³-hybridized carbons (Fsp3) is 0.812. The predicted octanol–water partition coefficient (Wildman–Crippen LogP) is 4.39. The monoisotopic (exact) mass is 266 g/mol. The van der Waals surface area contributed by atoms with Crippen molar-refractivity contribution in [3.8, 4) is 0 Å². The van der Waals surface area contributed by atoms with E-state index in [9.17, 15) is 4.79 Å². The highest BCUT2D eigenvalue weighted by atomic mass is 16.2. The summed E-state index contributed by atoms with van der Waals surface area (Å²) in [5, 5.41) is 0. The lowest BCUT2D eigenvalue weighted by atomic mass is 9.84. The number of amides is 2. The summed E-state index contributed by atoms with van der Waals surface area (Å²) < 4.78 is 0. The van der Waals surface area contributed by atoms with Gasteiger partial charge in [0.1, 0.15) is 0 Å². The highest BCUT2D eigenvalue weighted by Crippen LogP contribution is 2.41. The topological polar surface area (TPSA) is 23.6 Å². The van der Waals surface area contributed by atoms with Gasteiger partial charge in [0.25, 0.3) is 0 Å². The second-order valence-corrected chi connectivity index (χ2v) is 8.06. The number of hydrogen-bond donors (Lipinski definition) is 0. The van der Waals surface area contributed by atoms with Crippen molar-refractivity contribution < 1.29 is 4.79 Å². The fourth-order valence-electron chi connectivity index (χ4n) is 3.18. The van der Waals surface area contributed by atoms with Crippen molar-refractivity contribution >= 4 is 6.03 Å². The molecule has 19 heavy (non-hydrogen) atoms. The Morgan fingerprint density at radius 2 is 1.32 bits per heavy atom. The van der Waals surface area contributed by atoms with E-state index in [0.29, 0.717) is 0 Å². The molecule has 110 valence electrons. The van der Waals surface area contributed by atoms with Crippen LogP contribution >= 0.6 is 0 Å². The molecule has 2 amide bonds. The molecule has 0 aromatic carbocycles. The molecule has 0 aliphatic carbocycles. The molecule has 0 spiro atoms. The summed E-state index contributed by atoms with van der Waals surface area (Å²) in [6.45, 7) is 21.0. The van der Waals surface area contributed by atoms with Crippen molar-refractivity contribution in [3.05, 3.63) is 11.3 Å². The summed E-state index contributed by atoms with van der Waals surface area (Å²) in [6.07, 6.45) is 0. The van der Waals surface area contributed by atoms with E-state index in [1.807, 2.05) is 9.80 Å². The lowest BCUT2D eigenvalue weighted by molar-refractivity contribution is 0.0322. The van der Waals surface area contributed by atoms with Crippen molar-refractivity contribution in [3.63, 3.8) is 0 Å². The predicted molar refractivity (Wildman–Crippen MR) is 81.0 cm³/mol. The Balaban J connectivity index is 3.53. The molecule has 0 N–H and O–H groups in total. The van der Waals surface area contributed by atoms with E-state index in [0.717, 1.165) is 5.70 Å². The van der Waals surface area contributed by atoms with Gasteiger partial charge in [-0.15, -0.1) is 0 Å². The fourth-order valence-corrected chi connectivity index (χ4v) is 3.18. The molecule has 0 bridgehead atoms. The minimum absolute atomic E-state index is 0.105. The zero-order valence-corrected chi connectivity index (χ0v) is 14.3. The molecule has 0 aromatic rings. The molecule has 1 aliphatic rings. The molecule has 0 radical (unpaired) electrons. The molecule has 0 fully saturated rings. The summed E-state index contributed by atoms with van der Waals surface area (Å²) >= 11 is 0. The van der Waals surface area contributed by atoms with Crippen LogP contribution in [0.15, 0.2) is 11.3 Å².